The fourth-order valence-corrected chi connectivity index (χ4v) is 3.89. The number of aryl methyl sites for hydroxylation is 1. The van der Waals surface area contributed by atoms with E-state index < -0.39 is 20.6 Å². The number of nitrogens with one attached hydrogen (secondary N) is 1. The van der Waals surface area contributed by atoms with Crippen LogP contribution < -0.4 is 5.32 Å². The molecule has 1 aromatic heterocycles. The van der Waals surface area contributed by atoms with Gasteiger partial charge in [-0.1, -0.05) is 0 Å². The van der Waals surface area contributed by atoms with Gasteiger partial charge in [-0.05, 0) is 11.6 Å². The zero-order valence-corrected chi connectivity index (χ0v) is 12.0. The molecule has 1 aliphatic heterocycles. The Balaban J connectivity index is 2.33. The first-order valence-corrected chi connectivity index (χ1v) is 8.99. The Hall–Kier alpha value is -0.730. The molecule has 1 aromatic rings. The maximum Gasteiger partial charge on any atom is 0.224 e. The lowest BCUT2D eigenvalue weighted by Gasteiger charge is -2.09. The van der Waals surface area contributed by atoms with Gasteiger partial charge < -0.3 is 5.32 Å². The van der Waals surface area contributed by atoms with Crippen LogP contribution in [0.4, 0.5) is 5.82 Å². The average Bonchev–Trinajstić information content (AvgIpc) is 2.53. The highest BCUT2D eigenvalue weighted by atomic mass is 35.5. The van der Waals surface area contributed by atoms with Crippen molar-refractivity contribution in [3.63, 3.8) is 0 Å². The van der Waals surface area contributed by atoms with Crippen LogP contribution >= 0.6 is 11.6 Å². The molecule has 2 rings (SSSR count). The number of aromatic nitrogens is 2. The first-order chi connectivity index (χ1) is 8.40. The first kappa shape index (κ1) is 13.7. The van der Waals surface area contributed by atoms with Crippen LogP contribution in [-0.2, 0) is 27.1 Å². The Kier molecular flexibility index (Phi) is 3.88. The fourth-order valence-electron chi connectivity index (χ4n) is 1.73. The largest absolute Gasteiger partial charge is 0.368 e. The molecule has 18 heavy (non-hydrogen) atoms. The minimum absolute atomic E-state index is 0.0194. The van der Waals surface area contributed by atoms with Crippen molar-refractivity contribution >= 4 is 38.1 Å². The van der Waals surface area contributed by atoms with E-state index in [1.54, 1.807) is 6.26 Å². The third kappa shape index (κ3) is 2.81. The van der Waals surface area contributed by atoms with Gasteiger partial charge in [0.15, 0.2) is 9.84 Å². The van der Waals surface area contributed by atoms with Gasteiger partial charge in [0.1, 0.15) is 10.7 Å². The van der Waals surface area contributed by atoms with E-state index in [2.05, 4.69) is 15.3 Å². The van der Waals surface area contributed by atoms with E-state index in [0.29, 0.717) is 24.4 Å². The van der Waals surface area contributed by atoms with Gasteiger partial charge in [0.2, 0.25) is 5.28 Å². The number of halogens is 1. The van der Waals surface area contributed by atoms with Crippen LogP contribution in [0.3, 0.4) is 0 Å². The number of nitrogens with zero attached hydrogens (tertiary/aromatic N) is 2. The molecule has 0 aromatic carbocycles. The maximum atomic E-state index is 11.9. The van der Waals surface area contributed by atoms with Crippen molar-refractivity contribution < 1.29 is 12.6 Å². The van der Waals surface area contributed by atoms with E-state index in [4.69, 9.17) is 11.6 Å². The second-order valence-corrected chi connectivity index (χ2v) is 7.83. The summed E-state index contributed by atoms with van der Waals surface area (Å²) in [6, 6.07) is 0. The molecule has 1 aliphatic rings. The molecule has 0 fully saturated rings. The van der Waals surface area contributed by atoms with Gasteiger partial charge in [0.25, 0.3) is 0 Å². The molecule has 0 saturated heterocycles. The van der Waals surface area contributed by atoms with Gasteiger partial charge in [-0.15, -0.1) is 0 Å². The Morgan fingerprint density at radius 1 is 1.44 bits per heavy atom. The van der Waals surface area contributed by atoms with Crippen molar-refractivity contribution in [1.29, 1.82) is 0 Å². The lowest BCUT2D eigenvalue weighted by molar-refractivity contribution is 0.600. The number of sulfone groups is 1. The molecule has 100 valence electrons. The molecule has 1 atom stereocenters. The second-order valence-electron chi connectivity index (χ2n) is 3.89. The molecule has 0 saturated carbocycles. The highest BCUT2D eigenvalue weighted by molar-refractivity contribution is 7.91. The summed E-state index contributed by atoms with van der Waals surface area (Å²) >= 11 is 5.75. The second kappa shape index (κ2) is 5.10. The zero-order chi connectivity index (χ0) is 13.3. The average molecular weight is 310 g/mol. The third-order valence-corrected chi connectivity index (χ3v) is 5.25. The van der Waals surface area contributed by atoms with Crippen molar-refractivity contribution in [2.24, 2.45) is 0 Å². The number of anilines is 1. The minimum atomic E-state index is -3.33. The molecule has 0 radical (unpaired) electrons. The van der Waals surface area contributed by atoms with Crippen LogP contribution in [-0.4, -0.2) is 46.9 Å². The van der Waals surface area contributed by atoms with E-state index in [-0.39, 0.29) is 21.7 Å². The van der Waals surface area contributed by atoms with Crippen molar-refractivity contribution in [2.75, 3.05) is 29.6 Å². The summed E-state index contributed by atoms with van der Waals surface area (Å²) in [5.74, 6) is 0.662. The summed E-state index contributed by atoms with van der Waals surface area (Å²) in [7, 11) is -4.28. The number of hydrogen-bond acceptors (Lipinski definition) is 6. The SMILES string of the molecule is CS(=O)CCNc1nc(Cl)nc2c1S(=O)(=O)CC2. The summed E-state index contributed by atoms with van der Waals surface area (Å²) < 4.78 is 34.7. The summed E-state index contributed by atoms with van der Waals surface area (Å²) in [4.78, 5) is 7.96. The van der Waals surface area contributed by atoms with E-state index in [1.165, 1.54) is 0 Å². The van der Waals surface area contributed by atoms with E-state index >= 15 is 0 Å². The normalized spacial score (nSPS) is 18.3. The van der Waals surface area contributed by atoms with Crippen LogP contribution in [0.5, 0.6) is 0 Å². The highest BCUT2D eigenvalue weighted by Crippen LogP contribution is 2.31. The van der Waals surface area contributed by atoms with Crippen LogP contribution in [0.2, 0.25) is 5.28 Å². The molecule has 1 unspecified atom stereocenters. The molecule has 6 nitrogen and oxygen atoms in total. The molecule has 0 spiro atoms. The highest BCUT2D eigenvalue weighted by Gasteiger charge is 2.32. The summed E-state index contributed by atoms with van der Waals surface area (Å²) in [5, 5.41) is 2.88. The first-order valence-electron chi connectivity index (χ1n) is 5.23. The number of hydrogen-bond donors (Lipinski definition) is 1. The molecular weight excluding hydrogens is 298 g/mol. The predicted molar refractivity (Wildman–Crippen MR) is 70.2 cm³/mol. The topological polar surface area (TPSA) is 89.0 Å². The monoisotopic (exact) mass is 309 g/mol. The minimum Gasteiger partial charge on any atom is -0.368 e. The van der Waals surface area contributed by atoms with E-state index in [9.17, 15) is 12.6 Å². The molecular formula is C9H12ClN3O3S2. The Morgan fingerprint density at radius 2 is 2.17 bits per heavy atom. The molecule has 0 aliphatic carbocycles. The number of rotatable bonds is 4. The fraction of sp³-hybridized carbons (Fsp3) is 0.556. The Morgan fingerprint density at radius 3 is 2.83 bits per heavy atom. The quantitative estimate of drug-likeness (QED) is 0.802. The van der Waals surface area contributed by atoms with Gasteiger partial charge in [0, 0.05) is 35.8 Å². The Labute approximate surface area is 113 Å². The summed E-state index contributed by atoms with van der Waals surface area (Å²) in [6.45, 7) is 0.373. The molecule has 1 N–H and O–H groups in total. The standard InChI is InChI=1S/C9H12ClN3O3S2/c1-17(14)4-3-11-8-7-6(12-9(10)13-8)2-5-18(7,15)16/h2-5H2,1H3,(H,11,12,13). The molecule has 9 heteroatoms. The van der Waals surface area contributed by atoms with Crippen LogP contribution in [0.1, 0.15) is 5.69 Å². The van der Waals surface area contributed by atoms with Gasteiger partial charge in [-0.2, -0.15) is 4.98 Å². The van der Waals surface area contributed by atoms with Crippen molar-refractivity contribution in [1.82, 2.24) is 9.97 Å². The lowest BCUT2D eigenvalue weighted by atomic mass is 10.3. The molecule has 0 amide bonds. The van der Waals surface area contributed by atoms with Gasteiger partial charge >= 0.3 is 0 Å². The van der Waals surface area contributed by atoms with Crippen molar-refractivity contribution in [2.45, 2.75) is 11.3 Å². The van der Waals surface area contributed by atoms with Crippen LogP contribution in [0, 0.1) is 0 Å². The smallest absolute Gasteiger partial charge is 0.224 e. The van der Waals surface area contributed by atoms with Crippen molar-refractivity contribution in [3.05, 3.63) is 11.0 Å². The summed E-state index contributed by atoms with van der Waals surface area (Å²) in [6.07, 6.45) is 1.93. The summed E-state index contributed by atoms with van der Waals surface area (Å²) in [5.41, 5.74) is 0.454. The maximum absolute atomic E-state index is 11.9. The van der Waals surface area contributed by atoms with Crippen molar-refractivity contribution in [3.8, 4) is 0 Å². The van der Waals surface area contributed by atoms with Gasteiger partial charge in [-0.3, -0.25) is 4.21 Å². The van der Waals surface area contributed by atoms with E-state index in [0.717, 1.165) is 0 Å². The van der Waals surface area contributed by atoms with Crippen LogP contribution in [0.15, 0.2) is 4.90 Å². The van der Waals surface area contributed by atoms with Crippen LogP contribution in [0.25, 0.3) is 0 Å². The lowest BCUT2D eigenvalue weighted by Crippen LogP contribution is -2.14. The zero-order valence-electron chi connectivity index (χ0n) is 9.64. The van der Waals surface area contributed by atoms with E-state index in [1.807, 2.05) is 0 Å². The van der Waals surface area contributed by atoms with Gasteiger partial charge in [0.05, 0.1) is 11.4 Å². The predicted octanol–water partition coefficient (Wildman–Crippen LogP) is 0.250. The van der Waals surface area contributed by atoms with Gasteiger partial charge in [-0.25, -0.2) is 13.4 Å². The third-order valence-electron chi connectivity index (χ3n) is 2.51. The molecule has 2 heterocycles. The molecule has 0 bridgehead atoms. The Bertz CT molecular complexity index is 603. The number of fused-ring (bicyclic) bond motifs is 1.